The quantitative estimate of drug-likeness (QED) is 0.643. The summed E-state index contributed by atoms with van der Waals surface area (Å²) in [5.41, 5.74) is 0.206. The molecule has 0 atom stereocenters. The molecule has 0 radical (unpaired) electrons. The van der Waals surface area contributed by atoms with Crippen LogP contribution in [0.15, 0.2) is 33.6 Å². The van der Waals surface area contributed by atoms with E-state index in [1.54, 1.807) is 29.7 Å². The first-order chi connectivity index (χ1) is 6.33. The first-order valence-electron chi connectivity index (χ1n) is 3.50. The van der Waals surface area contributed by atoms with Crippen molar-refractivity contribution in [3.63, 3.8) is 0 Å². The summed E-state index contributed by atoms with van der Waals surface area (Å²) in [4.78, 5) is 11.4. The Morgan fingerprint density at radius 3 is 2.92 bits per heavy atom. The summed E-state index contributed by atoms with van der Waals surface area (Å²) in [6.45, 7) is 0. The Labute approximate surface area is 77.5 Å². The third-order valence-electron chi connectivity index (χ3n) is 1.59. The van der Waals surface area contributed by atoms with Crippen LogP contribution in [0.2, 0.25) is 0 Å². The molecule has 0 unspecified atom stereocenters. The van der Waals surface area contributed by atoms with E-state index >= 15 is 0 Å². The van der Waals surface area contributed by atoms with Crippen LogP contribution in [0.25, 0.3) is 11.0 Å². The maximum absolute atomic E-state index is 11.4. The molecule has 4 nitrogen and oxygen atoms in total. The molecule has 0 fully saturated rings. The van der Waals surface area contributed by atoms with Crippen molar-refractivity contribution in [2.75, 3.05) is 0 Å². The van der Waals surface area contributed by atoms with Gasteiger partial charge in [-0.25, -0.2) is 0 Å². The van der Waals surface area contributed by atoms with E-state index in [2.05, 4.69) is 0 Å². The van der Waals surface area contributed by atoms with Crippen LogP contribution in [0.5, 0.6) is 0 Å². The zero-order valence-electron chi connectivity index (χ0n) is 6.43. The molecule has 1 heterocycles. The normalized spacial score (nSPS) is 10.1. The van der Waals surface area contributed by atoms with Crippen molar-refractivity contribution < 1.29 is 4.52 Å². The Hall–Kier alpha value is -1.67. The van der Waals surface area contributed by atoms with Crippen LogP contribution in [0, 0.1) is 10.7 Å². The average molecular weight is 192 g/mol. The van der Waals surface area contributed by atoms with Gasteiger partial charge >= 0.3 is 5.56 Å². The Kier molecular flexibility index (Phi) is 1.83. The van der Waals surface area contributed by atoms with E-state index in [-0.39, 0.29) is 5.56 Å². The van der Waals surface area contributed by atoms with E-state index in [0.717, 1.165) is 4.15 Å². The van der Waals surface area contributed by atoms with E-state index in [9.17, 15) is 4.79 Å². The zero-order chi connectivity index (χ0) is 9.26. The molecule has 1 aromatic heterocycles. The van der Waals surface area contributed by atoms with Crippen LogP contribution in [0.4, 0.5) is 0 Å². The lowest BCUT2D eigenvalue weighted by molar-refractivity contribution is 0.416. The van der Waals surface area contributed by atoms with E-state index < -0.39 is 0 Å². The van der Waals surface area contributed by atoms with Crippen LogP contribution in [-0.4, -0.2) is 4.15 Å². The van der Waals surface area contributed by atoms with E-state index in [0.29, 0.717) is 22.9 Å². The van der Waals surface area contributed by atoms with Gasteiger partial charge in [0, 0.05) is 0 Å². The van der Waals surface area contributed by atoms with Crippen LogP contribution in [0.3, 0.4) is 0 Å². The van der Waals surface area contributed by atoms with Crippen LogP contribution >= 0.6 is 11.9 Å². The second kappa shape index (κ2) is 2.99. The van der Waals surface area contributed by atoms with E-state index in [1.807, 2.05) is 0 Å². The highest BCUT2D eigenvalue weighted by Crippen LogP contribution is 2.12. The lowest BCUT2D eigenvalue weighted by Crippen LogP contribution is -2.06. The summed E-state index contributed by atoms with van der Waals surface area (Å²) in [5, 5.41) is 10.6. The minimum absolute atomic E-state index is 0.290. The summed E-state index contributed by atoms with van der Waals surface area (Å²) in [5.74, 6) is 0. The van der Waals surface area contributed by atoms with Gasteiger partial charge in [0.05, 0.1) is 5.39 Å². The highest BCUT2D eigenvalue weighted by molar-refractivity contribution is 8.02. The first-order valence-corrected chi connectivity index (χ1v) is 4.28. The fourth-order valence-electron chi connectivity index (χ4n) is 1.05. The summed E-state index contributed by atoms with van der Waals surface area (Å²) < 4.78 is 6.05. The van der Waals surface area contributed by atoms with Gasteiger partial charge in [-0.05, 0) is 12.1 Å². The molecule has 0 saturated carbocycles. The summed E-state index contributed by atoms with van der Waals surface area (Å²) in [7, 11) is 0. The van der Waals surface area contributed by atoms with Crippen molar-refractivity contribution in [2.45, 2.75) is 0 Å². The van der Waals surface area contributed by atoms with Crippen molar-refractivity contribution in [1.29, 1.82) is 5.26 Å². The molecule has 0 saturated heterocycles. The van der Waals surface area contributed by atoms with Crippen molar-refractivity contribution in [3.8, 4) is 5.40 Å². The molecule has 2 aromatic rings. The second-order valence-corrected chi connectivity index (χ2v) is 3.03. The van der Waals surface area contributed by atoms with Crippen molar-refractivity contribution in [3.05, 3.63) is 34.6 Å². The fourth-order valence-corrected chi connectivity index (χ4v) is 1.42. The molecule has 13 heavy (non-hydrogen) atoms. The molecule has 64 valence electrons. The fraction of sp³-hybridized carbons (Fsp3) is 0. The lowest BCUT2D eigenvalue weighted by Gasteiger charge is -1.83. The highest BCUT2D eigenvalue weighted by atomic mass is 32.2. The van der Waals surface area contributed by atoms with Gasteiger partial charge in [-0.1, -0.05) is 16.3 Å². The minimum Gasteiger partial charge on any atom is -0.364 e. The first kappa shape index (κ1) is 7.95. The van der Waals surface area contributed by atoms with Gasteiger partial charge in [0.1, 0.15) is 11.9 Å². The number of hydrogen-bond donors (Lipinski definition) is 0. The topological polar surface area (TPSA) is 58.9 Å². The maximum Gasteiger partial charge on any atom is 0.302 e. The van der Waals surface area contributed by atoms with Gasteiger partial charge in [-0.15, -0.1) is 0 Å². The van der Waals surface area contributed by atoms with Crippen molar-refractivity contribution in [2.24, 2.45) is 0 Å². The minimum atomic E-state index is -0.290. The molecule has 0 aliphatic heterocycles. The molecule has 0 spiro atoms. The second-order valence-electron chi connectivity index (χ2n) is 2.33. The molecule has 0 amide bonds. The molecular formula is C8H4N2O2S. The Morgan fingerprint density at radius 2 is 2.23 bits per heavy atom. The molecular weight excluding hydrogens is 188 g/mol. The molecule has 2 rings (SSSR count). The summed E-state index contributed by atoms with van der Waals surface area (Å²) >= 11 is 0.671. The average Bonchev–Trinajstić information content (AvgIpc) is 2.46. The Balaban J connectivity index is 2.76. The molecule has 0 N–H and O–H groups in total. The zero-order valence-corrected chi connectivity index (χ0v) is 7.25. The number of hydrogen-bond acceptors (Lipinski definition) is 4. The van der Waals surface area contributed by atoms with Gasteiger partial charge in [0.15, 0.2) is 11.0 Å². The van der Waals surface area contributed by atoms with Gasteiger partial charge in [0.2, 0.25) is 0 Å². The third kappa shape index (κ3) is 1.21. The number of nitrogens with zero attached hydrogens (tertiary/aromatic N) is 2. The molecule has 1 aromatic carbocycles. The number of aromatic nitrogens is 1. The largest absolute Gasteiger partial charge is 0.364 e. The highest BCUT2D eigenvalue weighted by Gasteiger charge is 2.07. The molecule has 0 aliphatic rings. The monoisotopic (exact) mass is 192 g/mol. The summed E-state index contributed by atoms with van der Waals surface area (Å²) in [6, 6.07) is 6.87. The Morgan fingerprint density at radius 1 is 1.46 bits per heavy atom. The SMILES string of the molecule is N#CSn1oc2ccccc2c1=O. The predicted octanol–water partition coefficient (Wildman–Crippen LogP) is 1.57. The Bertz CT molecular complexity index is 535. The smallest absolute Gasteiger partial charge is 0.302 e. The van der Waals surface area contributed by atoms with Crippen LogP contribution in [-0.2, 0) is 0 Å². The number of thiocyanates is 1. The number of para-hydroxylation sites is 1. The van der Waals surface area contributed by atoms with E-state index in [1.165, 1.54) is 0 Å². The van der Waals surface area contributed by atoms with Crippen LogP contribution < -0.4 is 5.56 Å². The predicted molar refractivity (Wildman–Crippen MR) is 49.1 cm³/mol. The van der Waals surface area contributed by atoms with Gasteiger partial charge in [0.25, 0.3) is 0 Å². The molecule has 5 heteroatoms. The van der Waals surface area contributed by atoms with Crippen molar-refractivity contribution in [1.82, 2.24) is 4.15 Å². The van der Waals surface area contributed by atoms with Gasteiger partial charge in [-0.3, -0.25) is 4.79 Å². The summed E-state index contributed by atoms with van der Waals surface area (Å²) in [6.07, 6.45) is 0. The van der Waals surface area contributed by atoms with Crippen LogP contribution in [0.1, 0.15) is 0 Å². The molecule has 0 aliphatic carbocycles. The van der Waals surface area contributed by atoms with E-state index in [4.69, 9.17) is 9.78 Å². The van der Waals surface area contributed by atoms with Gasteiger partial charge in [-0.2, -0.15) is 5.26 Å². The standard InChI is InChI=1S/C8H4N2O2S/c9-5-13-10-8(11)6-3-1-2-4-7(6)12-10/h1-4H. The number of nitriles is 1. The third-order valence-corrected chi connectivity index (χ3v) is 2.08. The van der Waals surface area contributed by atoms with Crippen molar-refractivity contribution >= 4 is 22.9 Å². The maximum atomic E-state index is 11.4. The number of benzene rings is 1. The number of fused-ring (bicyclic) bond motifs is 1. The van der Waals surface area contributed by atoms with Gasteiger partial charge < -0.3 is 4.52 Å². The molecule has 0 bridgehead atoms. The lowest BCUT2D eigenvalue weighted by atomic mass is 10.3. The number of rotatable bonds is 1.